The third-order valence-electron chi connectivity index (χ3n) is 3.49. The first-order valence-corrected chi connectivity index (χ1v) is 7.69. The fourth-order valence-electron chi connectivity index (χ4n) is 2.22. The summed E-state index contributed by atoms with van der Waals surface area (Å²) in [5.41, 5.74) is 0.912. The van der Waals surface area contributed by atoms with Gasteiger partial charge in [0.15, 0.2) is 0 Å². The predicted octanol–water partition coefficient (Wildman–Crippen LogP) is 1.04. The van der Waals surface area contributed by atoms with E-state index in [4.69, 9.17) is 9.84 Å². The van der Waals surface area contributed by atoms with Gasteiger partial charge in [-0.3, -0.25) is 9.69 Å². The first kappa shape index (κ1) is 16.1. The number of aromatic nitrogens is 2. The number of hydrogen-bond donors (Lipinski definition) is 2. The standard InChI is InChI=1S/C14H21N3O3S/c1-9-10(2)21-14-12(9)13(19)15-11(16-14)8-17(4-6-18)5-7-20-3/h18H,4-8H2,1-3H3,(H,15,16,19). The normalized spacial score (nSPS) is 11.7. The van der Waals surface area contributed by atoms with E-state index in [0.29, 0.717) is 37.5 Å². The van der Waals surface area contributed by atoms with E-state index in [1.807, 2.05) is 18.7 Å². The molecule has 2 aromatic heterocycles. The molecular weight excluding hydrogens is 290 g/mol. The number of H-pyrrole nitrogens is 1. The van der Waals surface area contributed by atoms with Gasteiger partial charge >= 0.3 is 0 Å². The summed E-state index contributed by atoms with van der Waals surface area (Å²) in [6.45, 7) is 6.27. The molecule has 6 nitrogen and oxygen atoms in total. The minimum absolute atomic E-state index is 0.0629. The van der Waals surface area contributed by atoms with Crippen LogP contribution in [0.2, 0.25) is 0 Å². The number of aromatic amines is 1. The Morgan fingerprint density at radius 1 is 1.38 bits per heavy atom. The zero-order valence-corrected chi connectivity index (χ0v) is 13.4. The van der Waals surface area contributed by atoms with Gasteiger partial charge in [0.2, 0.25) is 0 Å². The minimum atomic E-state index is -0.0902. The monoisotopic (exact) mass is 311 g/mol. The molecule has 21 heavy (non-hydrogen) atoms. The fourth-order valence-corrected chi connectivity index (χ4v) is 3.27. The largest absolute Gasteiger partial charge is 0.395 e. The maximum atomic E-state index is 12.2. The summed E-state index contributed by atoms with van der Waals surface area (Å²) < 4.78 is 5.06. The zero-order valence-electron chi connectivity index (χ0n) is 12.6. The predicted molar refractivity (Wildman–Crippen MR) is 84.0 cm³/mol. The molecule has 0 saturated carbocycles. The van der Waals surface area contributed by atoms with Crippen molar-refractivity contribution in [1.29, 1.82) is 0 Å². The number of rotatable bonds is 7. The number of nitrogens with zero attached hydrogens (tertiary/aromatic N) is 2. The second-order valence-electron chi connectivity index (χ2n) is 4.97. The molecule has 0 fully saturated rings. The van der Waals surface area contributed by atoms with Gasteiger partial charge in [-0.25, -0.2) is 4.98 Å². The molecule has 0 bridgehead atoms. The van der Waals surface area contributed by atoms with Crippen LogP contribution in [0, 0.1) is 13.8 Å². The number of ether oxygens (including phenoxy) is 1. The molecule has 116 valence electrons. The summed E-state index contributed by atoms with van der Waals surface area (Å²) in [6.07, 6.45) is 0. The van der Waals surface area contributed by atoms with Gasteiger partial charge in [0.05, 0.1) is 25.1 Å². The van der Waals surface area contributed by atoms with Gasteiger partial charge in [-0.15, -0.1) is 11.3 Å². The van der Waals surface area contributed by atoms with Crippen LogP contribution in [-0.4, -0.2) is 53.4 Å². The van der Waals surface area contributed by atoms with Crippen LogP contribution in [0.15, 0.2) is 4.79 Å². The molecule has 0 aliphatic heterocycles. The van der Waals surface area contributed by atoms with Gasteiger partial charge in [0.25, 0.3) is 5.56 Å². The highest BCUT2D eigenvalue weighted by atomic mass is 32.1. The Hall–Kier alpha value is -1.28. The molecule has 2 N–H and O–H groups in total. The average molecular weight is 311 g/mol. The quantitative estimate of drug-likeness (QED) is 0.799. The SMILES string of the molecule is COCCN(CCO)Cc1nc2sc(C)c(C)c2c(=O)[nH]1. The van der Waals surface area contributed by atoms with E-state index in [1.165, 1.54) is 0 Å². The molecule has 2 rings (SSSR count). The lowest BCUT2D eigenvalue weighted by Gasteiger charge is -2.19. The molecule has 2 aromatic rings. The highest BCUT2D eigenvalue weighted by Crippen LogP contribution is 2.25. The van der Waals surface area contributed by atoms with Crippen LogP contribution in [0.3, 0.4) is 0 Å². The Morgan fingerprint density at radius 3 is 2.81 bits per heavy atom. The summed E-state index contributed by atoms with van der Waals surface area (Å²) in [6, 6.07) is 0. The lowest BCUT2D eigenvalue weighted by molar-refractivity contribution is 0.125. The Labute approximate surface area is 127 Å². The lowest BCUT2D eigenvalue weighted by atomic mass is 10.2. The zero-order chi connectivity index (χ0) is 15.4. The molecule has 0 unspecified atom stereocenters. The number of thiophene rings is 1. The summed E-state index contributed by atoms with van der Waals surface area (Å²) in [5.74, 6) is 0.623. The first-order valence-electron chi connectivity index (χ1n) is 6.87. The summed E-state index contributed by atoms with van der Waals surface area (Å²) in [4.78, 5) is 23.5. The van der Waals surface area contributed by atoms with Crippen LogP contribution < -0.4 is 5.56 Å². The third-order valence-corrected chi connectivity index (χ3v) is 4.59. The number of nitrogens with one attached hydrogen (secondary N) is 1. The number of methoxy groups -OCH3 is 1. The fraction of sp³-hybridized carbons (Fsp3) is 0.571. The second kappa shape index (κ2) is 7.13. The molecule has 0 amide bonds. The highest BCUT2D eigenvalue weighted by Gasteiger charge is 2.13. The van der Waals surface area contributed by atoms with Gasteiger partial charge in [-0.2, -0.15) is 0 Å². The Kier molecular flexibility index (Phi) is 5.46. The molecule has 0 aliphatic carbocycles. The van der Waals surface area contributed by atoms with Crippen molar-refractivity contribution >= 4 is 21.6 Å². The molecule has 0 aliphatic rings. The van der Waals surface area contributed by atoms with Gasteiger partial charge in [-0.05, 0) is 19.4 Å². The van der Waals surface area contributed by atoms with Crippen molar-refractivity contribution in [2.45, 2.75) is 20.4 Å². The molecule has 7 heteroatoms. The van der Waals surface area contributed by atoms with Crippen LogP contribution >= 0.6 is 11.3 Å². The topological polar surface area (TPSA) is 78.5 Å². The Bertz CT molecular complexity index is 665. The first-order chi connectivity index (χ1) is 10.1. The van der Waals surface area contributed by atoms with E-state index in [1.54, 1.807) is 18.4 Å². The van der Waals surface area contributed by atoms with E-state index in [9.17, 15) is 4.79 Å². The van der Waals surface area contributed by atoms with Crippen molar-refractivity contribution in [3.8, 4) is 0 Å². The highest BCUT2D eigenvalue weighted by molar-refractivity contribution is 7.18. The van der Waals surface area contributed by atoms with Crippen molar-refractivity contribution in [3.63, 3.8) is 0 Å². The van der Waals surface area contributed by atoms with Crippen LogP contribution in [0.5, 0.6) is 0 Å². The Morgan fingerprint density at radius 2 is 2.14 bits per heavy atom. The summed E-state index contributed by atoms with van der Waals surface area (Å²) in [7, 11) is 1.64. The molecule has 2 heterocycles. The summed E-state index contributed by atoms with van der Waals surface area (Å²) in [5, 5.41) is 9.79. The Balaban J connectivity index is 2.27. The van der Waals surface area contributed by atoms with E-state index in [0.717, 1.165) is 15.3 Å². The smallest absolute Gasteiger partial charge is 0.259 e. The van der Waals surface area contributed by atoms with E-state index < -0.39 is 0 Å². The molecular formula is C14H21N3O3S. The van der Waals surface area contributed by atoms with Crippen molar-refractivity contribution < 1.29 is 9.84 Å². The van der Waals surface area contributed by atoms with Crippen LogP contribution in [0.1, 0.15) is 16.3 Å². The third kappa shape index (κ3) is 3.68. The van der Waals surface area contributed by atoms with E-state index in [-0.39, 0.29) is 12.2 Å². The van der Waals surface area contributed by atoms with Crippen molar-refractivity contribution in [2.75, 3.05) is 33.4 Å². The molecule has 0 aromatic carbocycles. The maximum absolute atomic E-state index is 12.2. The van der Waals surface area contributed by atoms with Crippen molar-refractivity contribution in [1.82, 2.24) is 14.9 Å². The number of hydrogen-bond acceptors (Lipinski definition) is 6. The van der Waals surface area contributed by atoms with Gasteiger partial charge < -0.3 is 14.8 Å². The molecule has 0 spiro atoms. The van der Waals surface area contributed by atoms with Gasteiger partial charge in [-0.1, -0.05) is 0 Å². The minimum Gasteiger partial charge on any atom is -0.395 e. The molecule has 0 saturated heterocycles. The molecule has 0 radical (unpaired) electrons. The number of aliphatic hydroxyl groups excluding tert-OH is 1. The van der Waals surface area contributed by atoms with Gasteiger partial charge in [0.1, 0.15) is 10.7 Å². The molecule has 0 atom stereocenters. The average Bonchev–Trinajstić information content (AvgIpc) is 2.72. The maximum Gasteiger partial charge on any atom is 0.259 e. The van der Waals surface area contributed by atoms with Crippen molar-refractivity contribution in [2.24, 2.45) is 0 Å². The second-order valence-corrected chi connectivity index (χ2v) is 6.17. The summed E-state index contributed by atoms with van der Waals surface area (Å²) >= 11 is 1.54. The number of aliphatic hydroxyl groups is 1. The number of aryl methyl sites for hydroxylation is 2. The van der Waals surface area contributed by atoms with Gasteiger partial charge in [0, 0.05) is 25.1 Å². The lowest BCUT2D eigenvalue weighted by Crippen LogP contribution is -2.31. The van der Waals surface area contributed by atoms with Crippen LogP contribution in [-0.2, 0) is 11.3 Å². The van der Waals surface area contributed by atoms with Crippen LogP contribution in [0.4, 0.5) is 0 Å². The van der Waals surface area contributed by atoms with Crippen molar-refractivity contribution in [3.05, 3.63) is 26.6 Å². The van der Waals surface area contributed by atoms with E-state index >= 15 is 0 Å². The van der Waals surface area contributed by atoms with Crippen LogP contribution in [0.25, 0.3) is 10.2 Å². The van der Waals surface area contributed by atoms with E-state index in [2.05, 4.69) is 9.97 Å². The number of fused-ring (bicyclic) bond motifs is 1.